The number of hydrogen-bond donors (Lipinski definition) is 1. The zero-order chi connectivity index (χ0) is 15.2. The highest BCUT2D eigenvalue weighted by atomic mass is 35.5. The van der Waals surface area contributed by atoms with E-state index in [2.05, 4.69) is 24.1 Å². The van der Waals surface area contributed by atoms with Crippen LogP contribution in [0.1, 0.15) is 32.3 Å². The Kier molecular flexibility index (Phi) is 6.46. The fourth-order valence-electron chi connectivity index (χ4n) is 2.94. The molecular formula is C17H26ClFN2. The van der Waals surface area contributed by atoms with Crippen molar-refractivity contribution >= 4 is 11.6 Å². The number of halogens is 2. The summed E-state index contributed by atoms with van der Waals surface area (Å²) in [5.41, 5.74) is 0.896. The van der Waals surface area contributed by atoms with Crippen molar-refractivity contribution in [2.24, 2.45) is 11.8 Å². The van der Waals surface area contributed by atoms with E-state index in [1.807, 2.05) is 0 Å². The number of likely N-dealkylation sites (tertiary alicyclic amines) is 1. The smallest absolute Gasteiger partial charge is 0.123 e. The summed E-state index contributed by atoms with van der Waals surface area (Å²) >= 11 is 6.16. The largest absolute Gasteiger partial charge is 0.316 e. The Labute approximate surface area is 132 Å². The van der Waals surface area contributed by atoms with Gasteiger partial charge in [-0.3, -0.25) is 4.90 Å². The van der Waals surface area contributed by atoms with Gasteiger partial charge in [-0.15, -0.1) is 0 Å². The van der Waals surface area contributed by atoms with Crippen molar-refractivity contribution in [3.8, 4) is 0 Å². The molecule has 1 aromatic rings. The summed E-state index contributed by atoms with van der Waals surface area (Å²) in [6, 6.07) is 4.63. The lowest BCUT2D eigenvalue weighted by molar-refractivity contribution is 0.164. The molecule has 2 rings (SSSR count). The van der Waals surface area contributed by atoms with E-state index in [1.165, 1.54) is 18.9 Å². The average molecular weight is 313 g/mol. The van der Waals surface area contributed by atoms with Crippen LogP contribution in [0.3, 0.4) is 0 Å². The molecule has 1 heterocycles. The number of rotatable bonds is 6. The molecule has 0 aliphatic carbocycles. The first kappa shape index (κ1) is 16.7. The SMILES string of the molecule is CC(C)CNCC1CCCN(Cc2cc(F)ccc2Cl)C1. The van der Waals surface area contributed by atoms with E-state index in [9.17, 15) is 4.39 Å². The van der Waals surface area contributed by atoms with Gasteiger partial charge in [0.25, 0.3) is 0 Å². The second-order valence-corrected chi connectivity index (χ2v) is 6.94. The Morgan fingerprint density at radius 3 is 3.00 bits per heavy atom. The third kappa shape index (κ3) is 5.57. The van der Waals surface area contributed by atoms with Gasteiger partial charge in [-0.1, -0.05) is 25.4 Å². The molecule has 0 bridgehead atoms. The maximum Gasteiger partial charge on any atom is 0.123 e. The predicted molar refractivity (Wildman–Crippen MR) is 87.1 cm³/mol. The molecule has 1 aromatic carbocycles. The molecule has 1 saturated heterocycles. The van der Waals surface area contributed by atoms with Gasteiger partial charge in [0.2, 0.25) is 0 Å². The predicted octanol–water partition coefficient (Wildman–Crippen LogP) is 3.94. The van der Waals surface area contributed by atoms with E-state index in [0.29, 0.717) is 16.9 Å². The van der Waals surface area contributed by atoms with Crippen LogP contribution in [0.15, 0.2) is 18.2 Å². The fourth-order valence-corrected chi connectivity index (χ4v) is 3.12. The van der Waals surface area contributed by atoms with Crippen molar-refractivity contribution in [1.82, 2.24) is 10.2 Å². The molecule has 1 atom stereocenters. The second-order valence-electron chi connectivity index (χ2n) is 6.53. The van der Waals surface area contributed by atoms with Crippen LogP contribution in [0.4, 0.5) is 4.39 Å². The molecule has 118 valence electrons. The molecule has 1 aliphatic rings. The standard InChI is InChI=1S/C17H26ClFN2/c1-13(2)9-20-10-14-4-3-7-21(11-14)12-15-8-16(19)5-6-17(15)18/h5-6,8,13-14,20H,3-4,7,9-12H2,1-2H3. The summed E-state index contributed by atoms with van der Waals surface area (Å²) in [6.07, 6.45) is 2.49. The number of hydrogen-bond acceptors (Lipinski definition) is 2. The Hall–Kier alpha value is -0.640. The molecule has 0 saturated carbocycles. The van der Waals surface area contributed by atoms with Crippen molar-refractivity contribution in [1.29, 1.82) is 0 Å². The molecule has 4 heteroatoms. The number of piperidine rings is 1. The lowest BCUT2D eigenvalue weighted by Crippen LogP contribution is -2.39. The van der Waals surface area contributed by atoms with Crippen LogP contribution in [0.25, 0.3) is 0 Å². The molecule has 0 spiro atoms. The van der Waals surface area contributed by atoms with E-state index >= 15 is 0 Å². The normalized spacial score (nSPS) is 20.1. The van der Waals surface area contributed by atoms with Gasteiger partial charge in [-0.25, -0.2) is 4.39 Å². The van der Waals surface area contributed by atoms with Gasteiger partial charge in [0.15, 0.2) is 0 Å². The third-order valence-corrected chi connectivity index (χ3v) is 4.36. The Balaban J connectivity index is 1.84. The van der Waals surface area contributed by atoms with Crippen molar-refractivity contribution in [3.63, 3.8) is 0 Å². The lowest BCUT2D eigenvalue weighted by Gasteiger charge is -2.33. The van der Waals surface area contributed by atoms with Crippen LogP contribution in [0.5, 0.6) is 0 Å². The molecule has 1 fully saturated rings. The number of nitrogens with zero attached hydrogens (tertiary/aromatic N) is 1. The third-order valence-electron chi connectivity index (χ3n) is 3.99. The molecule has 0 radical (unpaired) electrons. The van der Waals surface area contributed by atoms with Gasteiger partial charge in [-0.05, 0) is 68.1 Å². The summed E-state index contributed by atoms with van der Waals surface area (Å²) in [5.74, 6) is 1.17. The van der Waals surface area contributed by atoms with Crippen molar-refractivity contribution in [2.75, 3.05) is 26.2 Å². The molecule has 21 heavy (non-hydrogen) atoms. The Morgan fingerprint density at radius 2 is 2.24 bits per heavy atom. The molecular weight excluding hydrogens is 287 g/mol. The first-order chi connectivity index (χ1) is 10.0. The van der Waals surface area contributed by atoms with Gasteiger partial charge >= 0.3 is 0 Å². The minimum Gasteiger partial charge on any atom is -0.316 e. The highest BCUT2D eigenvalue weighted by Gasteiger charge is 2.20. The van der Waals surface area contributed by atoms with Gasteiger partial charge in [-0.2, -0.15) is 0 Å². The maximum absolute atomic E-state index is 13.3. The second kappa shape index (κ2) is 8.11. The summed E-state index contributed by atoms with van der Waals surface area (Å²) < 4.78 is 13.3. The van der Waals surface area contributed by atoms with Crippen LogP contribution < -0.4 is 5.32 Å². The zero-order valence-electron chi connectivity index (χ0n) is 13.0. The molecule has 0 amide bonds. The summed E-state index contributed by atoms with van der Waals surface area (Å²) in [4.78, 5) is 2.39. The zero-order valence-corrected chi connectivity index (χ0v) is 13.8. The fraction of sp³-hybridized carbons (Fsp3) is 0.647. The van der Waals surface area contributed by atoms with Crippen molar-refractivity contribution < 1.29 is 4.39 Å². The van der Waals surface area contributed by atoms with Crippen LogP contribution in [0.2, 0.25) is 5.02 Å². The summed E-state index contributed by atoms with van der Waals surface area (Å²) in [7, 11) is 0. The monoisotopic (exact) mass is 312 g/mol. The van der Waals surface area contributed by atoms with Crippen LogP contribution in [-0.4, -0.2) is 31.1 Å². The van der Waals surface area contributed by atoms with E-state index in [4.69, 9.17) is 11.6 Å². The average Bonchev–Trinajstić information content (AvgIpc) is 2.43. The van der Waals surface area contributed by atoms with E-state index < -0.39 is 0 Å². The first-order valence-corrected chi connectivity index (χ1v) is 8.29. The quantitative estimate of drug-likeness (QED) is 0.856. The minimum absolute atomic E-state index is 0.207. The first-order valence-electron chi connectivity index (χ1n) is 7.91. The van der Waals surface area contributed by atoms with Crippen molar-refractivity contribution in [2.45, 2.75) is 33.2 Å². The summed E-state index contributed by atoms with van der Waals surface area (Å²) in [6.45, 7) is 9.50. The molecule has 2 nitrogen and oxygen atoms in total. The van der Waals surface area contributed by atoms with Crippen LogP contribution >= 0.6 is 11.6 Å². The van der Waals surface area contributed by atoms with Gasteiger partial charge < -0.3 is 5.32 Å². The maximum atomic E-state index is 13.3. The van der Waals surface area contributed by atoms with E-state index in [1.54, 1.807) is 12.1 Å². The number of nitrogens with one attached hydrogen (secondary N) is 1. The highest BCUT2D eigenvalue weighted by molar-refractivity contribution is 6.31. The minimum atomic E-state index is -0.207. The topological polar surface area (TPSA) is 15.3 Å². The van der Waals surface area contributed by atoms with Crippen LogP contribution in [-0.2, 0) is 6.54 Å². The number of benzene rings is 1. The van der Waals surface area contributed by atoms with E-state index in [-0.39, 0.29) is 5.82 Å². The van der Waals surface area contributed by atoms with Gasteiger partial charge in [0.05, 0.1) is 0 Å². The van der Waals surface area contributed by atoms with Gasteiger partial charge in [0.1, 0.15) is 5.82 Å². The molecule has 1 unspecified atom stereocenters. The lowest BCUT2D eigenvalue weighted by atomic mass is 9.97. The Morgan fingerprint density at radius 1 is 1.43 bits per heavy atom. The van der Waals surface area contributed by atoms with Crippen LogP contribution in [0, 0.1) is 17.7 Å². The van der Waals surface area contributed by atoms with E-state index in [0.717, 1.165) is 38.3 Å². The highest BCUT2D eigenvalue weighted by Crippen LogP contribution is 2.22. The molecule has 1 aliphatic heterocycles. The Bertz CT molecular complexity index is 450. The van der Waals surface area contributed by atoms with Gasteiger partial charge in [0, 0.05) is 18.1 Å². The molecule has 0 aromatic heterocycles. The van der Waals surface area contributed by atoms with Crippen molar-refractivity contribution in [3.05, 3.63) is 34.6 Å². The molecule has 1 N–H and O–H groups in total. The summed E-state index contributed by atoms with van der Waals surface area (Å²) in [5, 5.41) is 4.21.